The lowest BCUT2D eigenvalue weighted by Crippen LogP contribution is -2.54. The number of rotatable bonds is 11. The van der Waals surface area contributed by atoms with Crippen LogP contribution in [0.3, 0.4) is 0 Å². The Morgan fingerprint density at radius 1 is 1.11 bits per heavy atom. The largest absolute Gasteiger partial charge is 0.466 e. The van der Waals surface area contributed by atoms with Crippen molar-refractivity contribution in [2.24, 2.45) is 0 Å². The van der Waals surface area contributed by atoms with Gasteiger partial charge in [0, 0.05) is 18.2 Å². The molecule has 0 aliphatic rings. The van der Waals surface area contributed by atoms with E-state index in [9.17, 15) is 19.2 Å². The van der Waals surface area contributed by atoms with E-state index in [-0.39, 0.29) is 25.6 Å². The summed E-state index contributed by atoms with van der Waals surface area (Å²) in [5.74, 6) is 1.16. The molecule has 0 saturated heterocycles. The zero-order chi connectivity index (χ0) is 27.5. The topological polar surface area (TPSA) is 114 Å². The first-order valence-corrected chi connectivity index (χ1v) is 12.2. The normalized spacial score (nSPS) is 13.4. The number of terminal acetylenes is 1. The first kappa shape index (κ1) is 30.5. The highest BCUT2D eigenvalue weighted by molar-refractivity contribution is 5.92. The number of benzene rings is 1. The Kier molecular flexibility index (Phi) is 12.0. The van der Waals surface area contributed by atoms with Gasteiger partial charge in [-0.1, -0.05) is 31.0 Å². The summed E-state index contributed by atoms with van der Waals surface area (Å²) in [4.78, 5) is 52.7. The van der Waals surface area contributed by atoms with Gasteiger partial charge in [0.2, 0.25) is 11.8 Å². The number of ether oxygens (including phenoxy) is 2. The minimum atomic E-state index is -1.09. The van der Waals surface area contributed by atoms with Crippen molar-refractivity contribution in [3.63, 3.8) is 0 Å². The molecule has 2 N–H and O–H groups in total. The number of nitrogens with one attached hydrogen (secondary N) is 2. The van der Waals surface area contributed by atoms with Crippen LogP contribution in [-0.2, 0) is 23.9 Å². The highest BCUT2D eigenvalue weighted by Crippen LogP contribution is 2.28. The Balaban J connectivity index is 3.36. The van der Waals surface area contributed by atoms with Crippen molar-refractivity contribution in [3.8, 4) is 12.3 Å². The summed E-state index contributed by atoms with van der Waals surface area (Å²) >= 11 is 0. The smallest absolute Gasteiger partial charge is 0.408 e. The fourth-order valence-corrected chi connectivity index (χ4v) is 3.47. The molecule has 0 aromatic heterocycles. The Labute approximate surface area is 214 Å². The van der Waals surface area contributed by atoms with Gasteiger partial charge < -0.3 is 25.0 Å². The number of carbonyl (C=O) groups is 4. The summed E-state index contributed by atoms with van der Waals surface area (Å²) < 4.78 is 10.2. The molecule has 36 heavy (non-hydrogen) atoms. The monoisotopic (exact) mass is 501 g/mol. The molecule has 0 heterocycles. The third-order valence-electron chi connectivity index (χ3n) is 5.29. The van der Waals surface area contributed by atoms with Crippen molar-refractivity contribution < 1.29 is 28.7 Å². The number of hydrogen-bond donors (Lipinski definition) is 2. The minimum Gasteiger partial charge on any atom is -0.466 e. The molecular formula is C27H39N3O6. The van der Waals surface area contributed by atoms with E-state index >= 15 is 0 Å². The summed E-state index contributed by atoms with van der Waals surface area (Å²) in [5.41, 5.74) is 0.180. The van der Waals surface area contributed by atoms with Crippen molar-refractivity contribution in [3.05, 3.63) is 35.4 Å². The molecule has 198 valence electrons. The number of nitrogens with zero attached hydrogens (tertiary/aromatic N) is 1. The van der Waals surface area contributed by atoms with E-state index in [2.05, 4.69) is 16.6 Å². The first-order valence-electron chi connectivity index (χ1n) is 12.2. The fourth-order valence-electron chi connectivity index (χ4n) is 3.47. The van der Waals surface area contributed by atoms with Gasteiger partial charge in [0.25, 0.3) is 0 Å². The van der Waals surface area contributed by atoms with Crippen LogP contribution in [0.4, 0.5) is 4.79 Å². The molecular weight excluding hydrogens is 462 g/mol. The van der Waals surface area contributed by atoms with E-state index in [4.69, 9.17) is 15.9 Å². The van der Waals surface area contributed by atoms with Crippen molar-refractivity contribution in [2.45, 2.75) is 85.0 Å². The second-order valence-corrected chi connectivity index (χ2v) is 9.35. The molecule has 1 aromatic rings. The van der Waals surface area contributed by atoms with Crippen LogP contribution in [0.2, 0.25) is 0 Å². The van der Waals surface area contributed by atoms with Crippen LogP contribution < -0.4 is 10.6 Å². The van der Waals surface area contributed by atoms with Gasteiger partial charge in [0.1, 0.15) is 17.7 Å². The molecule has 3 unspecified atom stereocenters. The lowest BCUT2D eigenvalue weighted by Gasteiger charge is -2.38. The van der Waals surface area contributed by atoms with Crippen LogP contribution in [0, 0.1) is 12.3 Å². The maximum absolute atomic E-state index is 13.7. The summed E-state index contributed by atoms with van der Waals surface area (Å²) in [7, 11) is 0. The minimum absolute atomic E-state index is 0.0169. The molecule has 0 saturated carbocycles. The molecule has 0 fully saturated rings. The third kappa shape index (κ3) is 9.25. The number of carbonyl (C=O) groups excluding carboxylic acids is 4. The summed E-state index contributed by atoms with van der Waals surface area (Å²) in [6.07, 6.45) is 5.49. The number of alkyl carbamates (subject to hydrolysis) is 1. The van der Waals surface area contributed by atoms with Crippen LogP contribution in [0.5, 0.6) is 0 Å². The summed E-state index contributed by atoms with van der Waals surface area (Å²) in [5, 5.41) is 5.29. The second kappa shape index (κ2) is 14.1. The quantitative estimate of drug-likeness (QED) is 0.355. The van der Waals surface area contributed by atoms with Gasteiger partial charge in [0.05, 0.1) is 13.0 Å². The van der Waals surface area contributed by atoms with Gasteiger partial charge >= 0.3 is 12.1 Å². The predicted octanol–water partition coefficient (Wildman–Crippen LogP) is 3.32. The van der Waals surface area contributed by atoms with Crippen LogP contribution in [0.1, 0.15) is 78.5 Å². The molecule has 0 bridgehead atoms. The van der Waals surface area contributed by atoms with E-state index in [0.29, 0.717) is 17.5 Å². The molecule has 0 aliphatic heterocycles. The Bertz CT molecular complexity index is 963. The standard InChI is InChI=1S/C27H39N3O6/c1-9-18(4)30(25(33)19(5)29-26(34)36-27(6,7)8)23(21-15-13-12-14-20(21)10-2)24(32)28-17-16-22(31)35-11-3/h2,12-15,18-19,23H,9,11,16-17H2,1,3-8H3,(H,28,32)(H,29,34). The van der Waals surface area contributed by atoms with Gasteiger partial charge in [-0.05, 0) is 59.6 Å². The van der Waals surface area contributed by atoms with Crippen molar-refractivity contribution >= 4 is 23.9 Å². The highest BCUT2D eigenvalue weighted by Gasteiger charge is 2.38. The maximum atomic E-state index is 13.7. The summed E-state index contributed by atoms with van der Waals surface area (Å²) in [6.45, 7) is 12.4. The van der Waals surface area contributed by atoms with Gasteiger partial charge in [-0.15, -0.1) is 6.42 Å². The van der Waals surface area contributed by atoms with Gasteiger partial charge in [-0.3, -0.25) is 14.4 Å². The van der Waals surface area contributed by atoms with Crippen LogP contribution >= 0.6 is 0 Å². The Morgan fingerprint density at radius 2 is 1.75 bits per heavy atom. The van der Waals surface area contributed by atoms with Crippen LogP contribution in [0.25, 0.3) is 0 Å². The molecule has 3 amide bonds. The van der Waals surface area contributed by atoms with Gasteiger partial charge in [-0.2, -0.15) is 0 Å². The van der Waals surface area contributed by atoms with Crippen molar-refractivity contribution in [1.82, 2.24) is 15.5 Å². The molecule has 0 radical (unpaired) electrons. The van der Waals surface area contributed by atoms with Crippen molar-refractivity contribution in [2.75, 3.05) is 13.2 Å². The summed E-state index contributed by atoms with van der Waals surface area (Å²) in [6, 6.07) is 4.40. The second-order valence-electron chi connectivity index (χ2n) is 9.35. The van der Waals surface area contributed by atoms with E-state index in [1.807, 2.05) is 13.8 Å². The lowest BCUT2D eigenvalue weighted by molar-refractivity contribution is -0.145. The van der Waals surface area contributed by atoms with E-state index in [0.717, 1.165) is 0 Å². The van der Waals surface area contributed by atoms with Crippen LogP contribution in [-0.4, -0.2) is 59.6 Å². The molecule has 3 atom stereocenters. The fraction of sp³-hybridized carbons (Fsp3) is 0.556. The molecule has 1 rings (SSSR count). The molecule has 0 spiro atoms. The Hall–Kier alpha value is -3.54. The SMILES string of the molecule is C#Cc1ccccc1C(C(=O)NCCC(=O)OCC)N(C(=O)C(C)NC(=O)OC(C)(C)C)C(C)CC. The van der Waals surface area contributed by atoms with Crippen molar-refractivity contribution in [1.29, 1.82) is 0 Å². The highest BCUT2D eigenvalue weighted by atomic mass is 16.6. The van der Waals surface area contributed by atoms with E-state index in [1.165, 1.54) is 11.8 Å². The number of amides is 3. The zero-order valence-electron chi connectivity index (χ0n) is 22.3. The average molecular weight is 502 g/mol. The third-order valence-corrected chi connectivity index (χ3v) is 5.29. The number of hydrogen-bond acceptors (Lipinski definition) is 6. The lowest BCUT2D eigenvalue weighted by atomic mass is 9.96. The maximum Gasteiger partial charge on any atom is 0.408 e. The molecule has 9 nitrogen and oxygen atoms in total. The van der Waals surface area contributed by atoms with E-state index in [1.54, 1.807) is 52.0 Å². The van der Waals surface area contributed by atoms with Gasteiger partial charge in [0.15, 0.2) is 0 Å². The molecule has 1 aromatic carbocycles. The van der Waals surface area contributed by atoms with Gasteiger partial charge in [-0.25, -0.2) is 4.79 Å². The predicted molar refractivity (Wildman–Crippen MR) is 137 cm³/mol. The average Bonchev–Trinajstić information content (AvgIpc) is 2.80. The molecule has 0 aliphatic carbocycles. The Morgan fingerprint density at radius 3 is 2.31 bits per heavy atom. The zero-order valence-corrected chi connectivity index (χ0v) is 22.3. The van der Waals surface area contributed by atoms with E-state index < -0.39 is 41.6 Å². The van der Waals surface area contributed by atoms with Crippen LogP contribution in [0.15, 0.2) is 24.3 Å². The molecule has 9 heteroatoms. The first-order chi connectivity index (χ1) is 16.9. The number of esters is 1.